The van der Waals surface area contributed by atoms with E-state index in [-0.39, 0.29) is 5.91 Å². The van der Waals surface area contributed by atoms with Crippen LogP contribution in [0.25, 0.3) is 0 Å². The second-order valence-electron chi connectivity index (χ2n) is 3.87. The molecule has 1 rings (SSSR count). The molecule has 0 aromatic heterocycles. The maximum Gasteiger partial charge on any atom is 0.222 e. The molecule has 0 bridgehead atoms. The maximum atomic E-state index is 11.6. The van der Waals surface area contributed by atoms with Crippen molar-refractivity contribution in [2.75, 3.05) is 26.7 Å². The molecule has 0 saturated carbocycles. The molecular formula is C13H20N2O2. The van der Waals surface area contributed by atoms with Crippen molar-refractivity contribution < 1.29 is 9.53 Å². The smallest absolute Gasteiger partial charge is 0.222 e. The van der Waals surface area contributed by atoms with Crippen molar-refractivity contribution in [2.45, 2.75) is 12.8 Å². The van der Waals surface area contributed by atoms with Crippen molar-refractivity contribution in [2.24, 2.45) is 5.73 Å². The number of nitrogens with zero attached hydrogens (tertiary/aromatic N) is 1. The highest BCUT2D eigenvalue weighted by atomic mass is 16.5. The first kappa shape index (κ1) is 13.5. The Balaban J connectivity index is 2.14. The van der Waals surface area contributed by atoms with Gasteiger partial charge in [-0.1, -0.05) is 18.2 Å². The lowest BCUT2D eigenvalue weighted by Crippen LogP contribution is -2.31. The van der Waals surface area contributed by atoms with E-state index >= 15 is 0 Å². The summed E-state index contributed by atoms with van der Waals surface area (Å²) >= 11 is 0. The fourth-order valence-corrected chi connectivity index (χ4v) is 1.44. The van der Waals surface area contributed by atoms with Crippen LogP contribution in [0.4, 0.5) is 0 Å². The molecule has 0 aliphatic carbocycles. The van der Waals surface area contributed by atoms with Crippen LogP contribution in [-0.2, 0) is 4.79 Å². The zero-order valence-corrected chi connectivity index (χ0v) is 10.3. The van der Waals surface area contributed by atoms with Crippen molar-refractivity contribution in [3.05, 3.63) is 30.3 Å². The van der Waals surface area contributed by atoms with E-state index in [4.69, 9.17) is 10.5 Å². The first-order valence-corrected chi connectivity index (χ1v) is 5.86. The lowest BCUT2D eigenvalue weighted by molar-refractivity contribution is -0.130. The zero-order chi connectivity index (χ0) is 12.5. The zero-order valence-electron chi connectivity index (χ0n) is 10.3. The summed E-state index contributed by atoms with van der Waals surface area (Å²) in [7, 11) is 1.77. The SMILES string of the molecule is CN(CCN)C(=O)CCCOc1ccccc1. The van der Waals surface area contributed by atoms with Gasteiger partial charge in [-0.25, -0.2) is 0 Å². The van der Waals surface area contributed by atoms with E-state index in [1.165, 1.54) is 0 Å². The number of carbonyl (C=O) groups excluding carboxylic acids is 1. The number of rotatable bonds is 7. The second-order valence-corrected chi connectivity index (χ2v) is 3.87. The molecule has 4 heteroatoms. The molecule has 0 fully saturated rings. The van der Waals surface area contributed by atoms with Crippen LogP contribution in [0.3, 0.4) is 0 Å². The normalized spacial score (nSPS) is 10.0. The van der Waals surface area contributed by atoms with E-state index in [0.29, 0.717) is 26.1 Å². The van der Waals surface area contributed by atoms with Crippen LogP contribution in [0.1, 0.15) is 12.8 Å². The van der Waals surface area contributed by atoms with Gasteiger partial charge in [-0.15, -0.1) is 0 Å². The monoisotopic (exact) mass is 236 g/mol. The molecule has 94 valence electrons. The Morgan fingerprint density at radius 3 is 2.71 bits per heavy atom. The minimum Gasteiger partial charge on any atom is -0.494 e. The Bertz CT molecular complexity index is 327. The minimum atomic E-state index is 0.118. The van der Waals surface area contributed by atoms with E-state index in [9.17, 15) is 4.79 Å². The van der Waals surface area contributed by atoms with Gasteiger partial charge in [0.1, 0.15) is 5.75 Å². The molecule has 1 aromatic carbocycles. The number of likely N-dealkylation sites (N-methyl/N-ethyl adjacent to an activating group) is 1. The summed E-state index contributed by atoms with van der Waals surface area (Å²) in [5.41, 5.74) is 5.38. The molecule has 0 spiro atoms. The van der Waals surface area contributed by atoms with Crippen molar-refractivity contribution in [1.82, 2.24) is 4.90 Å². The minimum absolute atomic E-state index is 0.118. The molecule has 1 aromatic rings. The van der Waals surface area contributed by atoms with Crippen LogP contribution in [0.2, 0.25) is 0 Å². The average molecular weight is 236 g/mol. The lowest BCUT2D eigenvalue weighted by Gasteiger charge is -2.15. The number of benzene rings is 1. The average Bonchev–Trinajstić information content (AvgIpc) is 2.36. The van der Waals surface area contributed by atoms with Gasteiger partial charge in [0, 0.05) is 26.6 Å². The standard InChI is InChI=1S/C13H20N2O2/c1-15(10-9-14)13(16)8-5-11-17-12-6-3-2-4-7-12/h2-4,6-7H,5,8-11,14H2,1H3. The summed E-state index contributed by atoms with van der Waals surface area (Å²) in [6.45, 7) is 1.67. The maximum absolute atomic E-state index is 11.6. The Morgan fingerprint density at radius 2 is 2.06 bits per heavy atom. The quantitative estimate of drug-likeness (QED) is 0.725. The van der Waals surface area contributed by atoms with Crippen molar-refractivity contribution >= 4 is 5.91 Å². The van der Waals surface area contributed by atoms with Gasteiger partial charge in [-0.05, 0) is 18.6 Å². The Morgan fingerprint density at radius 1 is 1.35 bits per heavy atom. The molecule has 2 N–H and O–H groups in total. The molecule has 0 atom stereocenters. The van der Waals surface area contributed by atoms with E-state index in [2.05, 4.69) is 0 Å². The highest BCUT2D eigenvalue weighted by molar-refractivity contribution is 5.75. The summed E-state index contributed by atoms with van der Waals surface area (Å²) in [4.78, 5) is 13.2. The third kappa shape index (κ3) is 5.36. The van der Waals surface area contributed by atoms with Crippen LogP contribution in [-0.4, -0.2) is 37.6 Å². The molecule has 0 unspecified atom stereocenters. The van der Waals surface area contributed by atoms with E-state index in [0.717, 1.165) is 12.2 Å². The predicted octanol–water partition coefficient (Wildman–Crippen LogP) is 1.26. The first-order chi connectivity index (χ1) is 8.24. The molecule has 0 radical (unpaired) electrons. The van der Waals surface area contributed by atoms with Gasteiger partial charge >= 0.3 is 0 Å². The van der Waals surface area contributed by atoms with Crippen LogP contribution in [0.5, 0.6) is 5.75 Å². The molecule has 0 saturated heterocycles. The topological polar surface area (TPSA) is 55.6 Å². The van der Waals surface area contributed by atoms with Gasteiger partial charge in [0.05, 0.1) is 6.61 Å². The molecule has 17 heavy (non-hydrogen) atoms. The molecule has 0 aliphatic heterocycles. The van der Waals surface area contributed by atoms with Crippen molar-refractivity contribution in [3.8, 4) is 5.75 Å². The first-order valence-electron chi connectivity index (χ1n) is 5.86. The number of hydrogen-bond donors (Lipinski definition) is 1. The van der Waals surface area contributed by atoms with Crippen LogP contribution in [0, 0.1) is 0 Å². The Hall–Kier alpha value is -1.55. The third-order valence-electron chi connectivity index (χ3n) is 2.44. The number of hydrogen-bond acceptors (Lipinski definition) is 3. The Labute approximate surface area is 102 Å². The highest BCUT2D eigenvalue weighted by Crippen LogP contribution is 2.08. The largest absolute Gasteiger partial charge is 0.494 e. The summed E-state index contributed by atoms with van der Waals surface area (Å²) < 4.78 is 5.50. The number of para-hydroxylation sites is 1. The molecule has 4 nitrogen and oxygen atoms in total. The number of carbonyl (C=O) groups is 1. The highest BCUT2D eigenvalue weighted by Gasteiger charge is 2.06. The van der Waals surface area contributed by atoms with Gasteiger partial charge in [0.2, 0.25) is 5.91 Å². The second kappa shape index (κ2) is 7.68. The number of ether oxygens (including phenoxy) is 1. The summed E-state index contributed by atoms with van der Waals surface area (Å²) in [5.74, 6) is 0.961. The van der Waals surface area contributed by atoms with Gasteiger partial charge < -0.3 is 15.4 Å². The summed E-state index contributed by atoms with van der Waals surface area (Å²) in [6.07, 6.45) is 1.23. The van der Waals surface area contributed by atoms with E-state index < -0.39 is 0 Å². The molecular weight excluding hydrogens is 216 g/mol. The number of amides is 1. The van der Waals surface area contributed by atoms with E-state index in [1.54, 1.807) is 11.9 Å². The molecule has 0 aliphatic rings. The molecule has 1 amide bonds. The summed E-state index contributed by atoms with van der Waals surface area (Å²) in [6, 6.07) is 9.61. The van der Waals surface area contributed by atoms with Gasteiger partial charge in [-0.3, -0.25) is 4.79 Å². The number of nitrogens with two attached hydrogens (primary N) is 1. The molecule has 0 heterocycles. The summed E-state index contributed by atoms with van der Waals surface area (Å²) in [5, 5.41) is 0. The van der Waals surface area contributed by atoms with E-state index in [1.807, 2.05) is 30.3 Å². The predicted molar refractivity (Wildman–Crippen MR) is 67.9 cm³/mol. The van der Waals surface area contributed by atoms with Crippen LogP contribution in [0.15, 0.2) is 30.3 Å². The van der Waals surface area contributed by atoms with Gasteiger partial charge in [-0.2, -0.15) is 0 Å². The van der Waals surface area contributed by atoms with Crippen molar-refractivity contribution in [3.63, 3.8) is 0 Å². The van der Waals surface area contributed by atoms with Crippen LogP contribution < -0.4 is 10.5 Å². The fraction of sp³-hybridized carbons (Fsp3) is 0.462. The van der Waals surface area contributed by atoms with Crippen molar-refractivity contribution in [1.29, 1.82) is 0 Å². The van der Waals surface area contributed by atoms with Gasteiger partial charge in [0.15, 0.2) is 0 Å². The lowest BCUT2D eigenvalue weighted by atomic mass is 10.3. The van der Waals surface area contributed by atoms with Crippen LogP contribution >= 0.6 is 0 Å². The Kier molecular flexibility index (Phi) is 6.10. The van der Waals surface area contributed by atoms with Gasteiger partial charge in [0.25, 0.3) is 0 Å². The fourth-order valence-electron chi connectivity index (χ4n) is 1.44. The third-order valence-corrected chi connectivity index (χ3v) is 2.44.